The summed E-state index contributed by atoms with van der Waals surface area (Å²) in [5.74, 6) is 0.353. The van der Waals surface area contributed by atoms with E-state index >= 15 is 0 Å². The van der Waals surface area contributed by atoms with Crippen molar-refractivity contribution in [3.63, 3.8) is 0 Å². The summed E-state index contributed by atoms with van der Waals surface area (Å²) < 4.78 is 19.9. The number of halogens is 1. The van der Waals surface area contributed by atoms with Crippen molar-refractivity contribution in [3.05, 3.63) is 78.0 Å². The van der Waals surface area contributed by atoms with Gasteiger partial charge >= 0.3 is 0 Å². The maximum Gasteiger partial charge on any atom is 0.270 e. The first kappa shape index (κ1) is 25.4. The lowest BCUT2D eigenvalue weighted by Gasteiger charge is -2.30. The molecule has 2 heterocycles. The van der Waals surface area contributed by atoms with Crippen LogP contribution in [0.3, 0.4) is 0 Å². The van der Waals surface area contributed by atoms with E-state index in [0.29, 0.717) is 23.8 Å². The lowest BCUT2D eigenvalue weighted by Crippen LogP contribution is -2.38. The fourth-order valence-corrected chi connectivity index (χ4v) is 5.92. The Balaban J connectivity index is 1.14. The number of hydrogen-bond acceptors (Lipinski definition) is 6. The summed E-state index contributed by atoms with van der Waals surface area (Å²) in [6, 6.07) is 14.2. The first-order valence-corrected chi connectivity index (χ1v) is 13.9. The van der Waals surface area contributed by atoms with Gasteiger partial charge < -0.3 is 10.1 Å². The fraction of sp³-hybridized carbons (Fsp3) is 0.379. The van der Waals surface area contributed by atoms with E-state index in [4.69, 9.17) is 4.74 Å². The van der Waals surface area contributed by atoms with Gasteiger partial charge in [-0.25, -0.2) is 9.37 Å². The molecule has 0 radical (unpaired) electrons. The Morgan fingerprint density at radius 1 is 1.14 bits per heavy atom. The highest BCUT2D eigenvalue weighted by Gasteiger charge is 2.54. The standard InChI is InChI=1S/C29H30FN3O3S/c1-37-23-6-4-5-22(16-23)36-28-24(15-20(30)18-32-28)26(34)9-8-19-17-29(19)12-10-21(11-13-29)33-27(35)25-7-2-3-14-31-25/h2-7,14-16,18-19,21H,8-13,17H2,1H3,(H,33,35). The van der Waals surface area contributed by atoms with E-state index in [1.54, 1.807) is 36.2 Å². The van der Waals surface area contributed by atoms with Crippen LogP contribution in [-0.2, 0) is 0 Å². The third-order valence-electron chi connectivity index (χ3n) is 7.67. The number of amides is 1. The minimum Gasteiger partial charge on any atom is -0.438 e. The number of carbonyl (C=O) groups is 2. The molecule has 0 aliphatic heterocycles. The molecule has 37 heavy (non-hydrogen) atoms. The molecule has 2 aliphatic rings. The van der Waals surface area contributed by atoms with E-state index in [1.165, 1.54) is 6.07 Å². The van der Waals surface area contributed by atoms with Crippen molar-refractivity contribution < 1.29 is 18.7 Å². The summed E-state index contributed by atoms with van der Waals surface area (Å²) in [4.78, 5) is 34.7. The molecule has 3 aromatic rings. The highest BCUT2D eigenvalue weighted by molar-refractivity contribution is 7.98. The van der Waals surface area contributed by atoms with Gasteiger partial charge in [0.25, 0.3) is 5.91 Å². The Bertz CT molecular complexity index is 1280. The van der Waals surface area contributed by atoms with E-state index in [1.807, 2.05) is 30.5 Å². The zero-order chi connectivity index (χ0) is 25.8. The van der Waals surface area contributed by atoms with E-state index in [-0.39, 0.29) is 34.6 Å². The number of ketones is 1. The number of nitrogens with zero attached hydrogens (tertiary/aromatic N) is 2. The first-order chi connectivity index (χ1) is 18.0. The minimum absolute atomic E-state index is 0.124. The predicted molar refractivity (Wildman–Crippen MR) is 141 cm³/mol. The van der Waals surface area contributed by atoms with E-state index in [9.17, 15) is 14.0 Å². The van der Waals surface area contributed by atoms with Gasteiger partial charge in [0.2, 0.25) is 5.88 Å². The summed E-state index contributed by atoms with van der Waals surface area (Å²) in [5.41, 5.74) is 0.896. The van der Waals surface area contributed by atoms with Gasteiger partial charge in [-0.2, -0.15) is 0 Å². The fourth-order valence-electron chi connectivity index (χ4n) is 5.47. The highest BCUT2D eigenvalue weighted by Crippen LogP contribution is 2.63. The molecule has 1 amide bonds. The average molecular weight is 520 g/mol. The van der Waals surface area contributed by atoms with E-state index < -0.39 is 5.82 Å². The van der Waals surface area contributed by atoms with Crippen molar-refractivity contribution >= 4 is 23.5 Å². The van der Waals surface area contributed by atoms with Crippen LogP contribution in [0.2, 0.25) is 0 Å². The van der Waals surface area contributed by atoms with Gasteiger partial charge in [0, 0.05) is 23.6 Å². The Morgan fingerprint density at radius 2 is 1.97 bits per heavy atom. The SMILES string of the molecule is CSc1cccc(Oc2ncc(F)cc2C(=O)CCC2CC23CCC(NC(=O)c2ccccn2)CC3)c1. The Labute approximate surface area is 220 Å². The molecule has 2 fully saturated rings. The summed E-state index contributed by atoms with van der Waals surface area (Å²) in [7, 11) is 0. The monoisotopic (exact) mass is 519 g/mol. The molecular weight excluding hydrogens is 489 g/mol. The second-order valence-corrected chi connectivity index (χ2v) is 10.9. The molecule has 1 unspecified atom stereocenters. The van der Waals surface area contributed by atoms with Crippen LogP contribution in [0.5, 0.6) is 11.6 Å². The molecule has 0 saturated heterocycles. The van der Waals surface area contributed by atoms with Crippen LogP contribution in [0.1, 0.15) is 65.8 Å². The molecule has 8 heteroatoms. The molecule has 0 bridgehead atoms. The second kappa shape index (κ2) is 11.0. The van der Waals surface area contributed by atoms with Crippen LogP contribution in [0, 0.1) is 17.2 Å². The number of Topliss-reactive ketones (excluding diaryl/α,β-unsaturated/α-hetero) is 1. The third kappa shape index (κ3) is 6.01. The van der Waals surface area contributed by atoms with Crippen molar-refractivity contribution in [3.8, 4) is 11.6 Å². The zero-order valence-corrected chi connectivity index (χ0v) is 21.6. The number of nitrogens with one attached hydrogen (secondary N) is 1. The van der Waals surface area contributed by atoms with Crippen molar-refractivity contribution in [2.45, 2.75) is 55.9 Å². The molecule has 5 rings (SSSR count). The number of ether oxygens (including phenoxy) is 1. The Morgan fingerprint density at radius 3 is 2.73 bits per heavy atom. The molecule has 2 aromatic heterocycles. The average Bonchev–Trinajstić information content (AvgIpc) is 3.61. The van der Waals surface area contributed by atoms with Crippen molar-refractivity contribution in [2.75, 3.05) is 6.26 Å². The number of thioether (sulfide) groups is 1. The number of benzene rings is 1. The number of pyridine rings is 2. The Hall–Kier alpha value is -3.26. The molecule has 1 aromatic carbocycles. The summed E-state index contributed by atoms with van der Waals surface area (Å²) in [6.07, 6.45) is 10.8. The first-order valence-electron chi connectivity index (χ1n) is 12.7. The minimum atomic E-state index is -0.553. The molecule has 2 aliphatic carbocycles. The van der Waals surface area contributed by atoms with Gasteiger partial charge in [-0.1, -0.05) is 12.1 Å². The molecule has 192 valence electrons. The van der Waals surface area contributed by atoms with Crippen LogP contribution in [0.15, 0.2) is 65.8 Å². The molecule has 1 atom stereocenters. The number of aromatic nitrogens is 2. The summed E-state index contributed by atoms with van der Waals surface area (Å²) >= 11 is 1.59. The number of rotatable bonds is 9. The third-order valence-corrected chi connectivity index (χ3v) is 8.39. The normalized spacial score (nSPS) is 22.4. The van der Waals surface area contributed by atoms with Crippen LogP contribution >= 0.6 is 11.8 Å². The highest BCUT2D eigenvalue weighted by atomic mass is 32.2. The second-order valence-electron chi connectivity index (χ2n) is 9.98. The van der Waals surface area contributed by atoms with Crippen LogP contribution in [0.4, 0.5) is 4.39 Å². The number of carbonyl (C=O) groups excluding carboxylic acids is 2. The van der Waals surface area contributed by atoms with Gasteiger partial charge in [-0.05, 0) is 92.5 Å². The summed E-state index contributed by atoms with van der Waals surface area (Å²) in [6.45, 7) is 0. The zero-order valence-electron chi connectivity index (χ0n) is 20.8. The van der Waals surface area contributed by atoms with Gasteiger partial charge in [0.05, 0.1) is 11.8 Å². The topological polar surface area (TPSA) is 81.2 Å². The molecule has 2 saturated carbocycles. The van der Waals surface area contributed by atoms with Gasteiger partial charge in [0.1, 0.15) is 17.3 Å². The molecular formula is C29H30FN3O3S. The smallest absolute Gasteiger partial charge is 0.270 e. The maximum absolute atomic E-state index is 14.0. The van der Waals surface area contributed by atoms with E-state index in [2.05, 4.69) is 15.3 Å². The Kier molecular flexibility index (Phi) is 7.55. The van der Waals surface area contributed by atoms with E-state index in [0.717, 1.165) is 49.6 Å². The number of hydrogen-bond donors (Lipinski definition) is 1. The van der Waals surface area contributed by atoms with Gasteiger partial charge in [-0.15, -0.1) is 11.8 Å². The lowest BCUT2D eigenvalue weighted by molar-refractivity contribution is 0.0908. The van der Waals surface area contributed by atoms with Crippen molar-refractivity contribution in [2.24, 2.45) is 11.3 Å². The van der Waals surface area contributed by atoms with Crippen LogP contribution < -0.4 is 10.1 Å². The summed E-state index contributed by atoms with van der Waals surface area (Å²) in [5, 5.41) is 3.11. The van der Waals surface area contributed by atoms with Crippen LogP contribution in [0.25, 0.3) is 0 Å². The predicted octanol–water partition coefficient (Wildman–Crippen LogP) is 6.47. The molecule has 1 N–H and O–H groups in total. The largest absolute Gasteiger partial charge is 0.438 e. The maximum atomic E-state index is 14.0. The molecule has 1 spiro atoms. The van der Waals surface area contributed by atoms with Crippen LogP contribution in [-0.4, -0.2) is 34.0 Å². The quantitative estimate of drug-likeness (QED) is 0.258. The van der Waals surface area contributed by atoms with Crippen molar-refractivity contribution in [1.29, 1.82) is 0 Å². The van der Waals surface area contributed by atoms with Crippen molar-refractivity contribution in [1.82, 2.24) is 15.3 Å². The van der Waals surface area contributed by atoms with Gasteiger partial charge in [0.15, 0.2) is 5.78 Å². The lowest BCUT2D eigenvalue weighted by atomic mass is 9.81. The van der Waals surface area contributed by atoms with Gasteiger partial charge in [-0.3, -0.25) is 14.6 Å². The molecule has 6 nitrogen and oxygen atoms in total.